The minimum Gasteiger partial charge on any atom is -0.508 e. The van der Waals surface area contributed by atoms with Gasteiger partial charge in [-0.1, -0.05) is 44.2 Å². The lowest BCUT2D eigenvalue weighted by atomic mass is 10.00. The van der Waals surface area contributed by atoms with Crippen LogP contribution in [-0.2, 0) is 32.0 Å². The summed E-state index contributed by atoms with van der Waals surface area (Å²) in [6, 6.07) is 10.8. The van der Waals surface area contributed by atoms with Crippen molar-refractivity contribution in [1.82, 2.24) is 20.9 Å². The van der Waals surface area contributed by atoms with Crippen molar-refractivity contribution < 1.29 is 29.4 Å². The Hall–Kier alpha value is -4.38. The number of phenols is 1. The van der Waals surface area contributed by atoms with Crippen molar-refractivity contribution >= 4 is 34.6 Å². The number of aromatic hydroxyl groups is 1. The molecule has 11 nitrogen and oxygen atoms in total. The summed E-state index contributed by atoms with van der Waals surface area (Å²) in [5.41, 5.74) is 8.54. The Bertz CT molecular complexity index is 1300. The van der Waals surface area contributed by atoms with Gasteiger partial charge in [-0.3, -0.25) is 19.2 Å². The molecule has 3 rings (SSSR count). The van der Waals surface area contributed by atoms with E-state index >= 15 is 0 Å². The van der Waals surface area contributed by atoms with Gasteiger partial charge in [0.25, 0.3) is 0 Å². The molecular weight excluding hydrogens is 502 g/mol. The number of nitrogens with one attached hydrogen (secondary N) is 4. The number of hydrogen-bond acceptors (Lipinski definition) is 6. The summed E-state index contributed by atoms with van der Waals surface area (Å²) in [5.74, 6) is -2.87. The number of phenolic OH excluding ortho intramolecular Hbond substituents is 1. The van der Waals surface area contributed by atoms with Gasteiger partial charge in [0.05, 0.1) is 6.04 Å². The van der Waals surface area contributed by atoms with Crippen LogP contribution in [0.15, 0.2) is 54.7 Å². The molecular formula is C28H35N5O6. The van der Waals surface area contributed by atoms with Crippen LogP contribution < -0.4 is 21.7 Å². The topological polar surface area (TPSA) is 187 Å². The van der Waals surface area contributed by atoms with E-state index in [2.05, 4.69) is 20.9 Å². The molecule has 0 spiro atoms. The summed E-state index contributed by atoms with van der Waals surface area (Å²) in [5, 5.41) is 27.0. The van der Waals surface area contributed by atoms with Gasteiger partial charge < -0.3 is 36.9 Å². The number of aromatic nitrogens is 1. The van der Waals surface area contributed by atoms with Crippen molar-refractivity contribution in [1.29, 1.82) is 0 Å². The predicted octanol–water partition coefficient (Wildman–Crippen LogP) is 1.20. The molecule has 3 amide bonds. The van der Waals surface area contributed by atoms with Gasteiger partial charge >= 0.3 is 5.97 Å². The molecule has 0 radical (unpaired) electrons. The predicted molar refractivity (Wildman–Crippen MR) is 146 cm³/mol. The first-order valence-corrected chi connectivity index (χ1v) is 12.7. The Morgan fingerprint density at radius 3 is 2.23 bits per heavy atom. The van der Waals surface area contributed by atoms with Crippen LogP contribution in [0.3, 0.4) is 0 Å². The first kappa shape index (κ1) is 29.2. The van der Waals surface area contributed by atoms with Gasteiger partial charge in [-0.15, -0.1) is 0 Å². The maximum atomic E-state index is 13.5. The van der Waals surface area contributed by atoms with Gasteiger partial charge in [-0.25, -0.2) is 0 Å². The summed E-state index contributed by atoms with van der Waals surface area (Å²) < 4.78 is 0. The zero-order valence-corrected chi connectivity index (χ0v) is 21.9. The number of para-hydroxylation sites is 1. The minimum absolute atomic E-state index is 0.0197. The molecule has 0 bridgehead atoms. The van der Waals surface area contributed by atoms with Crippen molar-refractivity contribution in [3.05, 3.63) is 65.9 Å². The number of H-pyrrole nitrogens is 1. The molecule has 0 aliphatic carbocycles. The van der Waals surface area contributed by atoms with Crippen molar-refractivity contribution in [2.75, 3.05) is 6.54 Å². The van der Waals surface area contributed by atoms with E-state index in [-0.39, 0.29) is 30.9 Å². The molecule has 0 aliphatic rings. The molecule has 39 heavy (non-hydrogen) atoms. The Kier molecular flexibility index (Phi) is 10.0. The van der Waals surface area contributed by atoms with Crippen LogP contribution in [0.4, 0.5) is 0 Å². The fourth-order valence-corrected chi connectivity index (χ4v) is 4.25. The zero-order valence-electron chi connectivity index (χ0n) is 21.9. The van der Waals surface area contributed by atoms with Crippen LogP contribution in [0.1, 0.15) is 31.4 Å². The van der Waals surface area contributed by atoms with Crippen molar-refractivity contribution in [3.63, 3.8) is 0 Å². The molecule has 1 heterocycles. The maximum absolute atomic E-state index is 13.5. The number of hydrogen-bond donors (Lipinski definition) is 7. The van der Waals surface area contributed by atoms with Gasteiger partial charge in [0.1, 0.15) is 24.4 Å². The number of aromatic amines is 1. The number of carbonyl (C=O) groups is 4. The second-order valence-electron chi connectivity index (χ2n) is 9.90. The lowest BCUT2D eigenvalue weighted by Gasteiger charge is -2.25. The first-order valence-electron chi connectivity index (χ1n) is 12.7. The molecule has 0 saturated carbocycles. The summed E-state index contributed by atoms with van der Waals surface area (Å²) in [6.07, 6.45) is 2.34. The zero-order chi connectivity index (χ0) is 28.5. The van der Waals surface area contributed by atoms with Gasteiger partial charge in [-0.05, 0) is 48.1 Å². The van der Waals surface area contributed by atoms with Crippen molar-refractivity contribution in [3.8, 4) is 5.75 Å². The third-order valence-electron chi connectivity index (χ3n) is 6.21. The third kappa shape index (κ3) is 8.57. The van der Waals surface area contributed by atoms with E-state index in [1.807, 2.05) is 38.1 Å². The van der Waals surface area contributed by atoms with Crippen LogP contribution in [0.5, 0.6) is 5.75 Å². The summed E-state index contributed by atoms with van der Waals surface area (Å²) >= 11 is 0. The van der Waals surface area contributed by atoms with Gasteiger partial charge in [0.2, 0.25) is 17.7 Å². The number of nitrogens with two attached hydrogens (primary N) is 1. The van der Waals surface area contributed by atoms with E-state index in [4.69, 9.17) is 10.8 Å². The molecule has 3 aromatic rings. The van der Waals surface area contributed by atoms with E-state index < -0.39 is 48.4 Å². The first-order chi connectivity index (χ1) is 18.5. The number of aliphatic carboxylic acids is 1. The van der Waals surface area contributed by atoms with E-state index in [9.17, 15) is 24.3 Å². The normalized spacial score (nSPS) is 13.4. The Labute approximate surface area is 226 Å². The van der Waals surface area contributed by atoms with Gasteiger partial charge in [0, 0.05) is 23.5 Å². The largest absolute Gasteiger partial charge is 0.508 e. The van der Waals surface area contributed by atoms with Gasteiger partial charge in [0.15, 0.2) is 0 Å². The second kappa shape index (κ2) is 13.4. The second-order valence-corrected chi connectivity index (χ2v) is 9.90. The lowest BCUT2D eigenvalue weighted by molar-refractivity contribution is -0.138. The molecule has 8 N–H and O–H groups in total. The number of carbonyl (C=O) groups excluding carboxylic acids is 3. The Morgan fingerprint density at radius 1 is 0.897 bits per heavy atom. The molecule has 0 saturated heterocycles. The number of fused-ring (bicyclic) bond motifs is 1. The molecule has 11 heteroatoms. The fraction of sp³-hybridized carbons (Fsp3) is 0.357. The van der Waals surface area contributed by atoms with Crippen molar-refractivity contribution in [2.45, 2.75) is 51.2 Å². The monoisotopic (exact) mass is 537 g/mol. The molecule has 2 aromatic carbocycles. The standard InChI is InChI=1S/C28H35N5O6/c1-16(2)11-23(27(38)31-15-25(35)36)33-28(39)24(13-18-14-30-22-6-4-3-5-20(18)22)32-26(37)21(29)12-17-7-9-19(34)10-8-17/h3-10,14,16,21,23-24,30,34H,11-13,15,29H2,1-2H3,(H,31,38)(H,32,37)(H,33,39)(H,35,36). The molecule has 0 aliphatic heterocycles. The van der Waals surface area contributed by atoms with E-state index in [1.54, 1.807) is 18.3 Å². The van der Waals surface area contributed by atoms with Crippen LogP contribution in [0.2, 0.25) is 0 Å². The average molecular weight is 538 g/mol. The molecule has 3 unspecified atom stereocenters. The Morgan fingerprint density at radius 2 is 1.56 bits per heavy atom. The summed E-state index contributed by atoms with van der Waals surface area (Å²) in [6.45, 7) is 3.17. The highest BCUT2D eigenvalue weighted by Crippen LogP contribution is 2.20. The quantitative estimate of drug-likeness (QED) is 0.171. The molecule has 3 atom stereocenters. The van der Waals surface area contributed by atoms with Crippen LogP contribution >= 0.6 is 0 Å². The highest BCUT2D eigenvalue weighted by atomic mass is 16.4. The fourth-order valence-electron chi connectivity index (χ4n) is 4.25. The summed E-state index contributed by atoms with van der Waals surface area (Å²) in [7, 11) is 0. The molecule has 208 valence electrons. The van der Waals surface area contributed by atoms with Crippen LogP contribution in [0.25, 0.3) is 10.9 Å². The molecule has 1 aromatic heterocycles. The third-order valence-corrected chi connectivity index (χ3v) is 6.21. The van der Waals surface area contributed by atoms with E-state index in [0.29, 0.717) is 0 Å². The van der Waals surface area contributed by atoms with E-state index in [1.165, 1.54) is 12.1 Å². The van der Waals surface area contributed by atoms with Gasteiger partial charge in [-0.2, -0.15) is 0 Å². The number of rotatable bonds is 13. The smallest absolute Gasteiger partial charge is 0.322 e. The molecule has 0 fully saturated rings. The number of carboxylic acids is 1. The number of carboxylic acid groups (broad SMARTS) is 1. The van der Waals surface area contributed by atoms with Crippen molar-refractivity contribution in [2.24, 2.45) is 11.7 Å². The SMILES string of the molecule is CC(C)CC(NC(=O)C(Cc1c[nH]c2ccccc12)NC(=O)C(N)Cc1ccc(O)cc1)C(=O)NCC(=O)O. The maximum Gasteiger partial charge on any atom is 0.322 e. The van der Waals surface area contributed by atoms with Crippen LogP contribution in [-0.4, -0.2) is 63.6 Å². The highest BCUT2D eigenvalue weighted by molar-refractivity contribution is 5.94. The van der Waals surface area contributed by atoms with E-state index in [0.717, 1.165) is 22.0 Å². The minimum atomic E-state index is -1.20. The lowest BCUT2D eigenvalue weighted by Crippen LogP contribution is -2.57. The van der Waals surface area contributed by atoms with Crippen LogP contribution in [0, 0.1) is 5.92 Å². The number of amides is 3. The highest BCUT2D eigenvalue weighted by Gasteiger charge is 2.29. The average Bonchev–Trinajstić information content (AvgIpc) is 3.30. The summed E-state index contributed by atoms with van der Waals surface area (Å²) in [4.78, 5) is 53.3. The number of benzene rings is 2. The Balaban J connectivity index is 1.80.